The number of nitrogens with one attached hydrogen (secondary N) is 1. The molecule has 0 aromatic heterocycles. The standard InChI is InChI=1S/C27H18BrN3O6/c1-13-14(2)21(10-9-20(13)28)29-24-17-7-4-8-18-23(17)19(12-22(24)31(36)37)26(33)30(25(18)32)16-6-3-5-15(11-16)27(34)35/h3-12,29H,1-2H3,(H,34,35). The summed E-state index contributed by atoms with van der Waals surface area (Å²) in [5.41, 5.74) is 2.42. The molecule has 10 heteroatoms. The summed E-state index contributed by atoms with van der Waals surface area (Å²) >= 11 is 3.48. The number of carboxylic acid groups (broad SMARTS) is 1. The maximum absolute atomic E-state index is 13.6. The van der Waals surface area contributed by atoms with Crippen LogP contribution in [0.1, 0.15) is 42.2 Å². The molecule has 1 aliphatic rings. The highest BCUT2D eigenvalue weighted by Gasteiger charge is 2.37. The van der Waals surface area contributed by atoms with E-state index >= 15 is 0 Å². The third-order valence-corrected chi connectivity index (χ3v) is 7.40. The molecule has 0 bridgehead atoms. The predicted molar refractivity (Wildman–Crippen MR) is 142 cm³/mol. The number of nitro groups is 1. The molecule has 0 saturated carbocycles. The number of aromatic carboxylic acids is 1. The van der Waals surface area contributed by atoms with Crippen LogP contribution in [-0.2, 0) is 0 Å². The summed E-state index contributed by atoms with van der Waals surface area (Å²) < 4.78 is 0.894. The number of halogens is 1. The maximum atomic E-state index is 13.6. The Labute approximate surface area is 218 Å². The summed E-state index contributed by atoms with van der Waals surface area (Å²) in [6, 6.07) is 15.0. The molecule has 0 fully saturated rings. The zero-order valence-electron chi connectivity index (χ0n) is 19.5. The molecule has 2 N–H and O–H groups in total. The van der Waals surface area contributed by atoms with Crippen molar-refractivity contribution < 1.29 is 24.4 Å². The minimum absolute atomic E-state index is 0.0214. The zero-order valence-corrected chi connectivity index (χ0v) is 21.1. The van der Waals surface area contributed by atoms with Gasteiger partial charge in [0.15, 0.2) is 0 Å². The Morgan fingerprint density at radius 2 is 1.68 bits per heavy atom. The second-order valence-corrected chi connectivity index (χ2v) is 9.43. The van der Waals surface area contributed by atoms with Crippen LogP contribution in [0.2, 0.25) is 0 Å². The second kappa shape index (κ2) is 8.82. The molecule has 0 spiro atoms. The fourth-order valence-electron chi connectivity index (χ4n) is 4.50. The number of hydrogen-bond acceptors (Lipinski definition) is 6. The number of benzene rings is 4. The monoisotopic (exact) mass is 559 g/mol. The molecule has 0 saturated heterocycles. The van der Waals surface area contributed by atoms with Crippen molar-refractivity contribution in [3.63, 3.8) is 0 Å². The van der Waals surface area contributed by atoms with E-state index in [1.165, 1.54) is 24.3 Å². The summed E-state index contributed by atoms with van der Waals surface area (Å²) in [7, 11) is 0. The summed E-state index contributed by atoms with van der Waals surface area (Å²) in [5.74, 6) is -2.64. The molecule has 4 aromatic carbocycles. The van der Waals surface area contributed by atoms with Gasteiger partial charge in [0.25, 0.3) is 17.5 Å². The van der Waals surface area contributed by atoms with Gasteiger partial charge in [-0.2, -0.15) is 0 Å². The highest BCUT2D eigenvalue weighted by atomic mass is 79.9. The van der Waals surface area contributed by atoms with Crippen molar-refractivity contribution in [1.29, 1.82) is 0 Å². The predicted octanol–water partition coefficient (Wildman–Crippen LogP) is 6.37. The van der Waals surface area contributed by atoms with Gasteiger partial charge >= 0.3 is 5.97 Å². The Morgan fingerprint density at radius 1 is 0.973 bits per heavy atom. The Hall–Kier alpha value is -4.57. The molecular weight excluding hydrogens is 542 g/mol. The fourth-order valence-corrected chi connectivity index (χ4v) is 4.93. The third-order valence-electron chi connectivity index (χ3n) is 6.54. The van der Waals surface area contributed by atoms with E-state index in [1.54, 1.807) is 24.3 Å². The maximum Gasteiger partial charge on any atom is 0.335 e. The first kappa shape index (κ1) is 24.1. The number of carbonyl (C=O) groups is 3. The van der Waals surface area contributed by atoms with Crippen molar-refractivity contribution in [3.05, 3.63) is 103 Å². The third kappa shape index (κ3) is 3.82. The van der Waals surface area contributed by atoms with Crippen molar-refractivity contribution in [2.45, 2.75) is 13.8 Å². The van der Waals surface area contributed by atoms with Crippen LogP contribution in [0.4, 0.5) is 22.7 Å². The zero-order chi connectivity index (χ0) is 26.6. The molecule has 1 heterocycles. The molecule has 5 rings (SSSR count). The molecule has 1 aliphatic heterocycles. The van der Waals surface area contributed by atoms with E-state index in [1.807, 2.05) is 19.9 Å². The summed E-state index contributed by atoms with van der Waals surface area (Å²) in [5, 5.41) is 25.3. The lowest BCUT2D eigenvalue weighted by molar-refractivity contribution is -0.383. The SMILES string of the molecule is Cc1c(Br)ccc(Nc2c([N+](=O)[O-])cc3c4c(cccc24)C(=O)N(c2cccc(C(=O)O)c2)C3=O)c1C. The van der Waals surface area contributed by atoms with E-state index in [-0.39, 0.29) is 33.8 Å². The number of carbonyl (C=O) groups excluding carboxylic acids is 2. The molecule has 2 amide bonds. The topological polar surface area (TPSA) is 130 Å². The second-order valence-electron chi connectivity index (χ2n) is 8.57. The molecule has 9 nitrogen and oxygen atoms in total. The van der Waals surface area contributed by atoms with Gasteiger partial charge < -0.3 is 10.4 Å². The number of hydrogen-bond donors (Lipinski definition) is 2. The summed E-state index contributed by atoms with van der Waals surface area (Å²) in [6.07, 6.45) is 0. The number of anilines is 3. The largest absolute Gasteiger partial charge is 0.478 e. The van der Waals surface area contributed by atoms with E-state index in [0.29, 0.717) is 16.5 Å². The van der Waals surface area contributed by atoms with Crippen LogP contribution in [0.15, 0.2) is 65.1 Å². The highest BCUT2D eigenvalue weighted by molar-refractivity contribution is 9.10. The Kier molecular flexibility index (Phi) is 5.76. The van der Waals surface area contributed by atoms with Crippen molar-refractivity contribution in [1.82, 2.24) is 0 Å². The van der Waals surface area contributed by atoms with E-state index in [9.17, 15) is 29.6 Å². The molecule has 0 atom stereocenters. The van der Waals surface area contributed by atoms with Crippen molar-refractivity contribution in [2.24, 2.45) is 0 Å². The van der Waals surface area contributed by atoms with Crippen LogP contribution in [0.3, 0.4) is 0 Å². The normalized spacial score (nSPS) is 12.7. The smallest absolute Gasteiger partial charge is 0.335 e. The van der Waals surface area contributed by atoms with Gasteiger partial charge in [0.05, 0.1) is 21.7 Å². The fraction of sp³-hybridized carbons (Fsp3) is 0.0741. The van der Waals surface area contributed by atoms with Gasteiger partial charge in [0, 0.05) is 32.6 Å². The number of nitro benzene ring substituents is 1. The van der Waals surface area contributed by atoms with Gasteiger partial charge in [-0.3, -0.25) is 19.7 Å². The molecule has 37 heavy (non-hydrogen) atoms. The minimum atomic E-state index is -1.22. The van der Waals surface area contributed by atoms with Gasteiger partial charge in [-0.25, -0.2) is 9.69 Å². The lowest BCUT2D eigenvalue weighted by Crippen LogP contribution is -2.40. The van der Waals surface area contributed by atoms with Gasteiger partial charge in [-0.1, -0.05) is 34.1 Å². The quantitative estimate of drug-likeness (QED) is 0.165. The average molecular weight is 560 g/mol. The van der Waals surface area contributed by atoms with E-state index < -0.39 is 22.7 Å². The number of imide groups is 1. The number of carboxylic acids is 1. The lowest BCUT2D eigenvalue weighted by Gasteiger charge is -2.28. The Morgan fingerprint density at radius 3 is 2.38 bits per heavy atom. The van der Waals surface area contributed by atoms with Gasteiger partial charge in [-0.05, 0) is 61.4 Å². The Bertz CT molecular complexity index is 1700. The van der Waals surface area contributed by atoms with Crippen LogP contribution in [0, 0.1) is 24.0 Å². The van der Waals surface area contributed by atoms with Crippen molar-refractivity contribution in [2.75, 3.05) is 10.2 Å². The van der Waals surface area contributed by atoms with Gasteiger partial charge in [0.1, 0.15) is 5.69 Å². The number of nitrogens with zero attached hydrogens (tertiary/aromatic N) is 2. The lowest BCUT2D eigenvalue weighted by atomic mass is 9.91. The van der Waals surface area contributed by atoms with E-state index in [2.05, 4.69) is 21.2 Å². The first-order chi connectivity index (χ1) is 17.6. The van der Waals surface area contributed by atoms with Crippen LogP contribution in [0.25, 0.3) is 10.8 Å². The minimum Gasteiger partial charge on any atom is -0.478 e. The molecule has 0 radical (unpaired) electrons. The number of amides is 2. The van der Waals surface area contributed by atoms with E-state index in [4.69, 9.17) is 0 Å². The summed E-state index contributed by atoms with van der Waals surface area (Å²) in [4.78, 5) is 51.0. The first-order valence-electron chi connectivity index (χ1n) is 11.1. The molecular formula is C27H18BrN3O6. The first-order valence-corrected chi connectivity index (χ1v) is 11.9. The van der Waals surface area contributed by atoms with Crippen LogP contribution in [0.5, 0.6) is 0 Å². The van der Waals surface area contributed by atoms with Crippen LogP contribution >= 0.6 is 15.9 Å². The molecule has 4 aromatic rings. The van der Waals surface area contributed by atoms with Gasteiger partial charge in [0.2, 0.25) is 0 Å². The molecule has 0 unspecified atom stereocenters. The number of rotatable bonds is 5. The van der Waals surface area contributed by atoms with Crippen LogP contribution < -0.4 is 10.2 Å². The average Bonchev–Trinajstić information content (AvgIpc) is 2.88. The molecule has 0 aliphatic carbocycles. The highest BCUT2D eigenvalue weighted by Crippen LogP contribution is 2.43. The Balaban J connectivity index is 1.74. The van der Waals surface area contributed by atoms with Gasteiger partial charge in [-0.15, -0.1) is 0 Å². The van der Waals surface area contributed by atoms with Crippen molar-refractivity contribution >= 4 is 67.2 Å². The van der Waals surface area contributed by atoms with E-state index in [0.717, 1.165) is 26.6 Å². The summed E-state index contributed by atoms with van der Waals surface area (Å²) in [6.45, 7) is 3.80. The van der Waals surface area contributed by atoms with Crippen LogP contribution in [-0.4, -0.2) is 27.8 Å². The molecule has 184 valence electrons. The van der Waals surface area contributed by atoms with Crippen molar-refractivity contribution in [3.8, 4) is 0 Å².